The monoisotopic (exact) mass is 834 g/mol. The molecule has 0 spiro atoms. The van der Waals surface area contributed by atoms with E-state index < -0.39 is 71.1 Å². The van der Waals surface area contributed by atoms with E-state index in [9.17, 15) is 14.7 Å². The van der Waals surface area contributed by atoms with Crippen LogP contribution in [0.25, 0.3) is 0 Å². The lowest BCUT2D eigenvalue weighted by atomic mass is 9.73. The van der Waals surface area contributed by atoms with E-state index >= 15 is 0 Å². The number of rotatable bonds is 25. The van der Waals surface area contributed by atoms with Crippen molar-refractivity contribution in [2.24, 2.45) is 5.41 Å². The fourth-order valence-corrected chi connectivity index (χ4v) is 8.56. The second-order valence-corrected chi connectivity index (χ2v) is 16.4. The number of aliphatic carboxylic acids is 2. The van der Waals surface area contributed by atoms with Gasteiger partial charge in [0.05, 0.1) is 59.2 Å². The van der Waals surface area contributed by atoms with Gasteiger partial charge in [0.1, 0.15) is 0 Å². The number of unbranched alkanes of at least 4 members (excludes halogenated alkanes) is 2. The Balaban J connectivity index is 5.84. The summed E-state index contributed by atoms with van der Waals surface area (Å²) in [5, 5.41) is 11.3. The van der Waals surface area contributed by atoms with E-state index in [1.807, 2.05) is 0 Å². The van der Waals surface area contributed by atoms with Crippen molar-refractivity contribution >= 4 is 151 Å². The predicted octanol–water partition coefficient (Wildman–Crippen LogP) is 11.0. The van der Waals surface area contributed by atoms with Gasteiger partial charge >= 0.3 is 11.9 Å². The maximum atomic E-state index is 12.8. The van der Waals surface area contributed by atoms with Crippen LogP contribution < -0.4 is 0 Å². The quantitative estimate of drug-likeness (QED) is 0.0709. The topological polar surface area (TPSA) is 74.6 Å². The fraction of sp³-hybridized carbons (Fsp3) is 0.923. The molecule has 0 aromatic rings. The highest BCUT2D eigenvalue weighted by Gasteiger charge is 2.47. The molecule has 0 rings (SSSR count). The molecule has 16 heteroatoms. The Morgan fingerprint density at radius 2 is 0.881 bits per heavy atom. The zero-order valence-electron chi connectivity index (χ0n) is 22.7. The van der Waals surface area contributed by atoms with Crippen LogP contribution in [0, 0.1) is 5.41 Å². The highest BCUT2D eigenvalue weighted by atomic mass is 35.5. The lowest BCUT2D eigenvalue weighted by Crippen LogP contribution is -2.45. The van der Waals surface area contributed by atoms with Crippen LogP contribution in [0.4, 0.5) is 0 Å². The van der Waals surface area contributed by atoms with Gasteiger partial charge in [-0.05, 0) is 51.4 Å². The molecule has 0 aliphatic rings. The first-order valence-corrected chi connectivity index (χ1v) is 19.0. The van der Waals surface area contributed by atoms with Crippen molar-refractivity contribution in [3.05, 3.63) is 0 Å². The first-order valence-electron chi connectivity index (χ1n) is 13.5. The molecule has 0 aliphatic heterocycles. The molecule has 10 unspecified atom stereocenters. The Bertz CT molecular complexity index is 725. The number of hydrogen-bond acceptors (Lipinski definition) is 2. The minimum Gasteiger partial charge on any atom is -0.481 e. The van der Waals surface area contributed by atoms with Crippen molar-refractivity contribution < 1.29 is 19.8 Å². The summed E-state index contributed by atoms with van der Waals surface area (Å²) in [6.45, 7) is 0. The smallest absolute Gasteiger partial charge is 0.309 e. The largest absolute Gasteiger partial charge is 0.481 e. The van der Waals surface area contributed by atoms with E-state index in [1.54, 1.807) is 0 Å². The Morgan fingerprint density at radius 3 is 1.19 bits per heavy atom. The van der Waals surface area contributed by atoms with Gasteiger partial charge in [0.15, 0.2) is 0 Å². The van der Waals surface area contributed by atoms with E-state index in [0.717, 1.165) is 25.7 Å². The molecule has 0 amide bonds. The molecule has 0 bridgehead atoms. The fourth-order valence-electron chi connectivity index (χ4n) is 4.45. The van der Waals surface area contributed by atoms with Gasteiger partial charge in [-0.1, -0.05) is 12.8 Å². The molecular formula is C26H38Cl12O4. The minimum atomic E-state index is -1.62. The third-order valence-corrected chi connectivity index (χ3v) is 13.8. The lowest BCUT2D eigenvalue weighted by molar-refractivity contribution is -0.151. The van der Waals surface area contributed by atoms with Crippen LogP contribution in [0.15, 0.2) is 0 Å². The summed E-state index contributed by atoms with van der Waals surface area (Å²) in [7, 11) is 0. The number of hydrogen-bond donors (Lipinski definition) is 2. The number of alkyl halides is 12. The molecule has 0 saturated heterocycles. The van der Waals surface area contributed by atoms with Crippen LogP contribution in [0.3, 0.4) is 0 Å². The van der Waals surface area contributed by atoms with Gasteiger partial charge in [-0.25, -0.2) is 0 Å². The van der Waals surface area contributed by atoms with E-state index in [0.29, 0.717) is 24.6 Å². The van der Waals surface area contributed by atoms with Crippen molar-refractivity contribution in [1.29, 1.82) is 0 Å². The van der Waals surface area contributed by atoms with Crippen molar-refractivity contribution in [2.75, 3.05) is 11.8 Å². The average Bonchev–Trinajstić information content (AvgIpc) is 2.94. The maximum absolute atomic E-state index is 12.8. The molecule has 2 N–H and O–H groups in total. The number of carboxylic acid groups (broad SMARTS) is 2. The average molecular weight is 840 g/mol. The predicted molar refractivity (Wildman–Crippen MR) is 186 cm³/mol. The minimum absolute atomic E-state index is 0.0360. The summed E-state index contributed by atoms with van der Waals surface area (Å²) >= 11 is 77.0. The molecule has 0 aliphatic carbocycles. The first kappa shape index (κ1) is 44.4. The summed E-state index contributed by atoms with van der Waals surface area (Å²) in [4.78, 5) is 24.0. The summed E-state index contributed by atoms with van der Waals surface area (Å²) in [6.07, 6.45) is 3.40. The van der Waals surface area contributed by atoms with Crippen LogP contribution in [0.5, 0.6) is 0 Å². The first-order chi connectivity index (χ1) is 19.6. The molecule has 42 heavy (non-hydrogen) atoms. The zero-order valence-corrected chi connectivity index (χ0v) is 31.8. The zero-order chi connectivity index (χ0) is 32.6. The Hall–Kier alpha value is 2.42. The van der Waals surface area contributed by atoms with Gasteiger partial charge < -0.3 is 10.2 Å². The standard InChI is InChI=1S/C26H38Cl12O4/c27-10-3-1-6-14(29)19(33)23(37)21(35)16(31)12-26(25(41)42,9-5-8-18(39)40)13-17(32)22(36)24(38)20(34)15(30)7-2-4-11-28/h14-17,19-24H,1-13H2,(H,39,40)(H,41,42). The van der Waals surface area contributed by atoms with E-state index in [2.05, 4.69) is 0 Å². The van der Waals surface area contributed by atoms with Gasteiger partial charge in [-0.15, -0.1) is 139 Å². The molecule has 0 saturated carbocycles. The molecular weight excluding hydrogens is 802 g/mol. The van der Waals surface area contributed by atoms with Crippen LogP contribution in [-0.4, -0.2) is 87.7 Å². The number of carbonyl (C=O) groups is 2. The van der Waals surface area contributed by atoms with Gasteiger partial charge in [0.2, 0.25) is 0 Å². The molecule has 250 valence electrons. The van der Waals surface area contributed by atoms with E-state index in [1.165, 1.54) is 0 Å². The molecule has 0 heterocycles. The molecule has 4 nitrogen and oxygen atoms in total. The highest BCUT2D eigenvalue weighted by molar-refractivity contribution is 6.41. The number of halogens is 12. The van der Waals surface area contributed by atoms with Crippen LogP contribution >= 0.6 is 139 Å². The summed E-state index contributed by atoms with van der Waals surface area (Å²) < 4.78 is 0. The van der Waals surface area contributed by atoms with Gasteiger partial charge in [0.25, 0.3) is 0 Å². The molecule has 10 atom stereocenters. The maximum Gasteiger partial charge on any atom is 0.309 e. The third-order valence-electron chi connectivity index (χ3n) is 7.00. The summed E-state index contributed by atoms with van der Waals surface area (Å²) in [6, 6.07) is 0. The second-order valence-electron chi connectivity index (χ2n) is 10.3. The van der Waals surface area contributed by atoms with Crippen LogP contribution in [-0.2, 0) is 9.59 Å². The molecule has 0 aromatic carbocycles. The van der Waals surface area contributed by atoms with Crippen molar-refractivity contribution in [2.45, 2.75) is 124 Å². The van der Waals surface area contributed by atoms with Crippen molar-refractivity contribution in [1.82, 2.24) is 0 Å². The summed E-state index contributed by atoms with van der Waals surface area (Å²) in [5.74, 6) is -1.34. The normalized spacial score (nSPS) is 20.8. The molecule has 0 radical (unpaired) electrons. The third kappa shape index (κ3) is 16.0. The Morgan fingerprint density at radius 1 is 0.524 bits per heavy atom. The Kier molecular flexibility index (Phi) is 25.1. The van der Waals surface area contributed by atoms with Crippen molar-refractivity contribution in [3.8, 4) is 0 Å². The highest BCUT2D eigenvalue weighted by Crippen LogP contribution is 2.44. The van der Waals surface area contributed by atoms with E-state index in [-0.39, 0.29) is 32.1 Å². The molecule has 0 fully saturated rings. The van der Waals surface area contributed by atoms with Gasteiger partial charge in [-0.3, -0.25) is 9.59 Å². The lowest BCUT2D eigenvalue weighted by Gasteiger charge is -2.37. The Labute approximate surface area is 309 Å². The second kappa shape index (κ2) is 23.7. The summed E-state index contributed by atoms with van der Waals surface area (Å²) in [5.41, 5.74) is -1.62. The van der Waals surface area contributed by atoms with Crippen molar-refractivity contribution in [3.63, 3.8) is 0 Å². The SMILES string of the molecule is O=C(O)CCCC(CC(Cl)C(Cl)C(Cl)C(Cl)C(Cl)CCCCCl)(CC(Cl)C(Cl)C(Cl)C(Cl)C(Cl)CCCCCl)C(=O)O. The van der Waals surface area contributed by atoms with Gasteiger partial charge in [-0.2, -0.15) is 0 Å². The molecule has 0 aromatic heterocycles. The van der Waals surface area contributed by atoms with Crippen LogP contribution in [0.2, 0.25) is 0 Å². The van der Waals surface area contributed by atoms with Crippen LogP contribution in [0.1, 0.15) is 70.6 Å². The van der Waals surface area contributed by atoms with Gasteiger partial charge in [0, 0.05) is 18.2 Å². The van der Waals surface area contributed by atoms with E-state index in [4.69, 9.17) is 144 Å². The number of carboxylic acids is 2.